The van der Waals surface area contributed by atoms with Crippen LogP contribution < -0.4 is 5.43 Å². The van der Waals surface area contributed by atoms with Gasteiger partial charge in [-0.3, -0.25) is 0 Å². The maximum atomic E-state index is 4.91. The largest absolute Gasteiger partial charge is 0.467 e. The molecule has 1 heterocycles. The van der Waals surface area contributed by atoms with Gasteiger partial charge < -0.3 is 4.74 Å². The minimum atomic E-state index is -0.239. The van der Waals surface area contributed by atoms with Crippen molar-refractivity contribution in [2.75, 3.05) is 7.11 Å². The maximum absolute atomic E-state index is 4.91. The van der Waals surface area contributed by atoms with E-state index < -0.39 is 0 Å². The molecule has 62 valence electrons. The van der Waals surface area contributed by atoms with Gasteiger partial charge in [-0.1, -0.05) is 0 Å². The number of methoxy groups -OCH3 is 1. The molecule has 0 amide bonds. The third kappa shape index (κ3) is 1.50. The Balaban J connectivity index is 2.84. The lowest BCUT2D eigenvalue weighted by Crippen LogP contribution is -2.38. The SMILES string of the molecule is COC1=NC(C)(C)C(C)=NN1. The van der Waals surface area contributed by atoms with Gasteiger partial charge in [0.05, 0.1) is 12.8 Å². The molecule has 4 heteroatoms. The average molecular weight is 155 g/mol. The van der Waals surface area contributed by atoms with Gasteiger partial charge in [0.2, 0.25) is 0 Å². The molecule has 0 bridgehead atoms. The van der Waals surface area contributed by atoms with Crippen molar-refractivity contribution in [2.24, 2.45) is 10.1 Å². The van der Waals surface area contributed by atoms with E-state index in [9.17, 15) is 0 Å². The highest BCUT2D eigenvalue weighted by Crippen LogP contribution is 2.14. The van der Waals surface area contributed by atoms with Crippen LogP contribution in [0, 0.1) is 0 Å². The molecule has 4 nitrogen and oxygen atoms in total. The van der Waals surface area contributed by atoms with Crippen molar-refractivity contribution < 1.29 is 4.74 Å². The molecule has 0 unspecified atom stereocenters. The summed E-state index contributed by atoms with van der Waals surface area (Å²) < 4.78 is 4.91. The summed E-state index contributed by atoms with van der Waals surface area (Å²) in [5.74, 6) is 0. The Morgan fingerprint density at radius 2 is 2.09 bits per heavy atom. The zero-order chi connectivity index (χ0) is 8.48. The lowest BCUT2D eigenvalue weighted by atomic mass is 10.0. The van der Waals surface area contributed by atoms with E-state index in [1.165, 1.54) is 0 Å². The van der Waals surface area contributed by atoms with Crippen molar-refractivity contribution in [1.82, 2.24) is 5.43 Å². The summed E-state index contributed by atoms with van der Waals surface area (Å²) in [5, 5.41) is 4.05. The summed E-state index contributed by atoms with van der Waals surface area (Å²) in [6.45, 7) is 5.92. The van der Waals surface area contributed by atoms with Gasteiger partial charge in [-0.05, 0) is 20.8 Å². The number of hydrazone groups is 1. The Bertz CT molecular complexity index is 218. The highest BCUT2D eigenvalue weighted by molar-refractivity contribution is 5.95. The molecule has 0 spiro atoms. The number of rotatable bonds is 0. The highest BCUT2D eigenvalue weighted by atomic mass is 16.5. The van der Waals surface area contributed by atoms with E-state index in [1.54, 1.807) is 7.11 Å². The van der Waals surface area contributed by atoms with Crippen LogP contribution in [0.4, 0.5) is 0 Å². The van der Waals surface area contributed by atoms with Gasteiger partial charge in [-0.25, -0.2) is 10.4 Å². The Morgan fingerprint density at radius 1 is 1.45 bits per heavy atom. The molecule has 0 saturated heterocycles. The van der Waals surface area contributed by atoms with Crippen LogP contribution in [0.1, 0.15) is 20.8 Å². The third-order valence-electron chi connectivity index (χ3n) is 1.78. The van der Waals surface area contributed by atoms with Crippen LogP contribution in [0.3, 0.4) is 0 Å². The molecule has 1 N–H and O–H groups in total. The van der Waals surface area contributed by atoms with E-state index in [1.807, 2.05) is 20.8 Å². The zero-order valence-electron chi connectivity index (χ0n) is 7.30. The van der Waals surface area contributed by atoms with Crippen LogP contribution in [0.15, 0.2) is 10.1 Å². The molecular formula is C7H13N3O. The van der Waals surface area contributed by atoms with E-state index in [0.717, 1.165) is 5.71 Å². The maximum Gasteiger partial charge on any atom is 0.306 e. The van der Waals surface area contributed by atoms with Gasteiger partial charge >= 0.3 is 6.02 Å². The minimum absolute atomic E-state index is 0.239. The Kier molecular flexibility index (Phi) is 1.85. The molecule has 1 rings (SSSR count). The van der Waals surface area contributed by atoms with Gasteiger partial charge in [0, 0.05) is 0 Å². The third-order valence-corrected chi connectivity index (χ3v) is 1.78. The van der Waals surface area contributed by atoms with E-state index in [-0.39, 0.29) is 5.54 Å². The van der Waals surface area contributed by atoms with Gasteiger partial charge in [-0.2, -0.15) is 5.10 Å². The van der Waals surface area contributed by atoms with Gasteiger partial charge in [0.25, 0.3) is 0 Å². The number of amidine groups is 1. The Labute approximate surface area is 66.3 Å². The van der Waals surface area contributed by atoms with E-state index in [0.29, 0.717) is 6.02 Å². The predicted octanol–water partition coefficient (Wildman–Crippen LogP) is 0.746. The molecular weight excluding hydrogens is 142 g/mol. The second-order valence-corrected chi connectivity index (χ2v) is 2.99. The van der Waals surface area contributed by atoms with Crippen molar-refractivity contribution >= 4 is 11.7 Å². The fourth-order valence-electron chi connectivity index (χ4n) is 0.720. The number of aliphatic imine (C=N–C) groups is 1. The first kappa shape index (κ1) is 8.04. The average Bonchev–Trinajstić information content (AvgIpc) is 1.95. The van der Waals surface area contributed by atoms with Crippen LogP contribution in [0.25, 0.3) is 0 Å². The van der Waals surface area contributed by atoms with Crippen molar-refractivity contribution in [1.29, 1.82) is 0 Å². The fraction of sp³-hybridized carbons (Fsp3) is 0.714. The summed E-state index contributed by atoms with van der Waals surface area (Å²) in [6.07, 6.45) is 0. The van der Waals surface area contributed by atoms with Crippen molar-refractivity contribution in [3.63, 3.8) is 0 Å². The molecule has 0 aromatic rings. The molecule has 0 aliphatic carbocycles. The van der Waals surface area contributed by atoms with Gasteiger partial charge in [0.1, 0.15) is 5.54 Å². The number of hydrogen-bond acceptors (Lipinski definition) is 4. The Morgan fingerprint density at radius 3 is 2.55 bits per heavy atom. The topological polar surface area (TPSA) is 46.0 Å². The molecule has 0 aromatic carbocycles. The Hall–Kier alpha value is -1.06. The second kappa shape index (κ2) is 2.53. The normalized spacial score (nSPS) is 21.5. The number of ether oxygens (including phenoxy) is 1. The van der Waals surface area contributed by atoms with E-state index in [2.05, 4.69) is 15.5 Å². The first-order chi connectivity index (χ1) is 5.06. The molecule has 1 aliphatic rings. The first-order valence-electron chi connectivity index (χ1n) is 3.51. The molecule has 0 saturated carbocycles. The summed E-state index contributed by atoms with van der Waals surface area (Å²) in [5.41, 5.74) is 3.41. The summed E-state index contributed by atoms with van der Waals surface area (Å²) >= 11 is 0. The smallest absolute Gasteiger partial charge is 0.306 e. The summed E-state index contributed by atoms with van der Waals surface area (Å²) in [7, 11) is 1.57. The van der Waals surface area contributed by atoms with Crippen molar-refractivity contribution in [3.05, 3.63) is 0 Å². The summed E-state index contributed by atoms with van der Waals surface area (Å²) in [4.78, 5) is 4.27. The molecule has 1 aliphatic heterocycles. The predicted molar refractivity (Wildman–Crippen MR) is 44.8 cm³/mol. The number of nitrogens with one attached hydrogen (secondary N) is 1. The van der Waals surface area contributed by atoms with E-state index >= 15 is 0 Å². The van der Waals surface area contributed by atoms with Crippen LogP contribution in [-0.4, -0.2) is 24.4 Å². The fourth-order valence-corrected chi connectivity index (χ4v) is 0.720. The van der Waals surface area contributed by atoms with Crippen LogP contribution >= 0.6 is 0 Å². The van der Waals surface area contributed by atoms with Crippen molar-refractivity contribution in [2.45, 2.75) is 26.3 Å². The summed E-state index contributed by atoms with van der Waals surface area (Å²) in [6, 6.07) is 0.473. The van der Waals surface area contributed by atoms with Crippen LogP contribution in [0.2, 0.25) is 0 Å². The lowest BCUT2D eigenvalue weighted by Gasteiger charge is -2.24. The highest BCUT2D eigenvalue weighted by Gasteiger charge is 2.25. The zero-order valence-corrected chi connectivity index (χ0v) is 7.30. The molecule has 0 atom stereocenters. The number of hydrogen-bond donors (Lipinski definition) is 1. The van der Waals surface area contributed by atoms with Crippen molar-refractivity contribution in [3.8, 4) is 0 Å². The number of nitrogens with zero attached hydrogens (tertiary/aromatic N) is 2. The molecule has 0 aromatic heterocycles. The molecule has 0 radical (unpaired) electrons. The minimum Gasteiger partial charge on any atom is -0.467 e. The monoisotopic (exact) mass is 155 g/mol. The van der Waals surface area contributed by atoms with Gasteiger partial charge in [0.15, 0.2) is 0 Å². The standard InChI is InChI=1S/C7H13N3O/c1-5-7(2,3)8-6(11-4)10-9-5/h1-4H3,(H,8,10). The first-order valence-corrected chi connectivity index (χ1v) is 3.51. The lowest BCUT2D eigenvalue weighted by molar-refractivity contribution is 0.369. The van der Waals surface area contributed by atoms with Crippen LogP contribution in [-0.2, 0) is 4.74 Å². The van der Waals surface area contributed by atoms with Crippen LogP contribution in [0.5, 0.6) is 0 Å². The molecule has 11 heavy (non-hydrogen) atoms. The molecule has 0 fully saturated rings. The quantitative estimate of drug-likeness (QED) is 0.561. The van der Waals surface area contributed by atoms with Gasteiger partial charge in [-0.15, -0.1) is 0 Å². The van der Waals surface area contributed by atoms with E-state index in [4.69, 9.17) is 4.74 Å². The second-order valence-electron chi connectivity index (χ2n) is 2.99.